The molecule has 3 aromatic rings. The van der Waals surface area contributed by atoms with Crippen LogP contribution >= 0.6 is 0 Å². The fourth-order valence-electron chi connectivity index (χ4n) is 3.40. The number of amides is 2. The van der Waals surface area contributed by atoms with Gasteiger partial charge in [-0.3, -0.25) is 14.5 Å². The van der Waals surface area contributed by atoms with Crippen molar-refractivity contribution in [2.24, 2.45) is 0 Å². The molecule has 0 unspecified atom stereocenters. The van der Waals surface area contributed by atoms with Gasteiger partial charge in [-0.25, -0.2) is 0 Å². The van der Waals surface area contributed by atoms with Crippen molar-refractivity contribution < 1.29 is 14.3 Å². The first-order valence-corrected chi connectivity index (χ1v) is 8.93. The smallest absolute Gasteiger partial charge is 0.259 e. The fraction of sp³-hybridized carbons (Fsp3) is 0.182. The van der Waals surface area contributed by atoms with E-state index in [1.165, 1.54) is 4.90 Å². The van der Waals surface area contributed by atoms with E-state index in [0.29, 0.717) is 17.0 Å². The highest BCUT2D eigenvalue weighted by Crippen LogP contribution is 2.36. The molecular weight excluding hydrogens is 340 g/mol. The molecule has 0 fully saturated rings. The number of carbonyl (C=O) groups is 2. The second kappa shape index (κ2) is 6.76. The third kappa shape index (κ3) is 3.24. The summed E-state index contributed by atoms with van der Waals surface area (Å²) in [7, 11) is 0. The minimum atomic E-state index is -0.255. The lowest BCUT2D eigenvalue weighted by Gasteiger charge is -2.17. The van der Waals surface area contributed by atoms with Gasteiger partial charge in [-0.1, -0.05) is 30.3 Å². The van der Waals surface area contributed by atoms with Crippen LogP contribution in [-0.2, 0) is 4.79 Å². The van der Waals surface area contributed by atoms with Crippen molar-refractivity contribution in [3.05, 3.63) is 66.2 Å². The molecule has 0 bridgehead atoms. The maximum Gasteiger partial charge on any atom is 0.259 e. The van der Waals surface area contributed by atoms with Gasteiger partial charge in [0.25, 0.3) is 5.91 Å². The van der Waals surface area contributed by atoms with E-state index in [0.717, 1.165) is 16.5 Å². The molecule has 0 aromatic heterocycles. The molecule has 0 atom stereocenters. The predicted octanol–water partition coefficient (Wildman–Crippen LogP) is 4.23. The first-order chi connectivity index (χ1) is 13.0. The van der Waals surface area contributed by atoms with Crippen molar-refractivity contribution in [1.82, 2.24) is 0 Å². The first-order valence-electron chi connectivity index (χ1n) is 8.93. The number of benzene rings is 3. The number of hydrogen-bond donors (Lipinski definition) is 1. The Hall–Kier alpha value is -3.34. The monoisotopic (exact) mass is 360 g/mol. The zero-order valence-electron chi connectivity index (χ0n) is 15.2. The molecule has 1 heterocycles. The second-order valence-corrected chi connectivity index (χ2v) is 6.81. The molecule has 0 spiro atoms. The minimum Gasteiger partial charge on any atom is -0.491 e. The molecule has 0 aliphatic carbocycles. The van der Waals surface area contributed by atoms with E-state index in [9.17, 15) is 9.59 Å². The average Bonchev–Trinajstić information content (AvgIpc) is 2.90. The Morgan fingerprint density at radius 3 is 2.59 bits per heavy atom. The molecule has 0 saturated carbocycles. The van der Waals surface area contributed by atoms with Crippen LogP contribution in [0.1, 0.15) is 24.2 Å². The topological polar surface area (TPSA) is 58.6 Å². The summed E-state index contributed by atoms with van der Waals surface area (Å²) in [6, 6.07) is 18.6. The Balaban J connectivity index is 1.53. The Bertz CT molecular complexity index is 1040. The zero-order valence-corrected chi connectivity index (χ0v) is 15.2. The van der Waals surface area contributed by atoms with Crippen molar-refractivity contribution in [1.29, 1.82) is 0 Å². The van der Waals surface area contributed by atoms with Crippen LogP contribution in [0.4, 0.5) is 11.4 Å². The Kier molecular flexibility index (Phi) is 4.28. The molecule has 0 saturated heterocycles. The van der Waals surface area contributed by atoms with Crippen LogP contribution in [0.25, 0.3) is 10.8 Å². The van der Waals surface area contributed by atoms with Crippen LogP contribution in [0.2, 0.25) is 0 Å². The standard InChI is InChI=1S/C22H20N2O3/c1-14(2)27-17-9-5-8-16(12-17)23-20(25)13-24-19-11-4-7-15-6-3-10-18(21(15)19)22(24)26/h3-12,14H,13H2,1-2H3,(H,23,25). The van der Waals surface area contributed by atoms with Gasteiger partial charge in [-0.05, 0) is 43.5 Å². The van der Waals surface area contributed by atoms with Crippen LogP contribution < -0.4 is 15.0 Å². The number of hydrogen-bond acceptors (Lipinski definition) is 3. The number of nitrogens with zero attached hydrogens (tertiary/aromatic N) is 1. The van der Waals surface area contributed by atoms with Gasteiger partial charge in [0, 0.05) is 22.7 Å². The summed E-state index contributed by atoms with van der Waals surface area (Å²) in [4.78, 5) is 26.9. The van der Waals surface area contributed by atoms with Gasteiger partial charge < -0.3 is 10.1 Å². The largest absolute Gasteiger partial charge is 0.491 e. The maximum atomic E-state index is 12.8. The molecular formula is C22H20N2O3. The fourth-order valence-corrected chi connectivity index (χ4v) is 3.40. The van der Waals surface area contributed by atoms with Gasteiger partial charge >= 0.3 is 0 Å². The van der Waals surface area contributed by atoms with E-state index in [2.05, 4.69) is 5.32 Å². The van der Waals surface area contributed by atoms with Crippen LogP contribution in [0.3, 0.4) is 0 Å². The maximum absolute atomic E-state index is 12.8. The molecule has 5 heteroatoms. The highest BCUT2D eigenvalue weighted by molar-refractivity contribution is 6.26. The summed E-state index contributed by atoms with van der Waals surface area (Å²) in [6.45, 7) is 3.85. The van der Waals surface area contributed by atoms with Crippen molar-refractivity contribution in [2.75, 3.05) is 16.8 Å². The van der Waals surface area contributed by atoms with E-state index in [-0.39, 0.29) is 24.5 Å². The van der Waals surface area contributed by atoms with E-state index in [4.69, 9.17) is 4.74 Å². The molecule has 27 heavy (non-hydrogen) atoms. The molecule has 0 radical (unpaired) electrons. The molecule has 1 aliphatic heterocycles. The SMILES string of the molecule is CC(C)Oc1cccc(NC(=O)CN2C(=O)c3cccc4cccc2c34)c1. The Morgan fingerprint density at radius 2 is 1.81 bits per heavy atom. The molecule has 2 amide bonds. The van der Waals surface area contributed by atoms with Gasteiger partial charge in [-0.2, -0.15) is 0 Å². The molecule has 1 aliphatic rings. The van der Waals surface area contributed by atoms with Crippen LogP contribution in [0.15, 0.2) is 60.7 Å². The lowest BCUT2D eigenvalue weighted by atomic mass is 10.1. The third-order valence-corrected chi connectivity index (χ3v) is 4.44. The summed E-state index contributed by atoms with van der Waals surface area (Å²) in [6.07, 6.45) is 0.0529. The van der Waals surface area contributed by atoms with Crippen molar-refractivity contribution >= 4 is 34.0 Å². The van der Waals surface area contributed by atoms with Gasteiger partial charge in [0.05, 0.1) is 11.8 Å². The number of rotatable bonds is 5. The zero-order chi connectivity index (χ0) is 19.0. The highest BCUT2D eigenvalue weighted by Gasteiger charge is 2.30. The summed E-state index contributed by atoms with van der Waals surface area (Å²) in [5.41, 5.74) is 2.06. The number of ether oxygens (including phenoxy) is 1. The van der Waals surface area contributed by atoms with Crippen LogP contribution in [0.5, 0.6) is 5.75 Å². The van der Waals surface area contributed by atoms with Gasteiger partial charge in [-0.15, -0.1) is 0 Å². The van der Waals surface area contributed by atoms with Crippen molar-refractivity contribution in [3.63, 3.8) is 0 Å². The molecule has 1 N–H and O–H groups in total. The average molecular weight is 360 g/mol. The Labute approximate surface area is 157 Å². The van der Waals surface area contributed by atoms with Gasteiger partial charge in [0.15, 0.2) is 0 Å². The summed E-state index contributed by atoms with van der Waals surface area (Å²) >= 11 is 0. The van der Waals surface area contributed by atoms with Crippen molar-refractivity contribution in [3.8, 4) is 5.75 Å². The molecule has 4 rings (SSSR count). The van der Waals surface area contributed by atoms with Gasteiger partial charge in [0.2, 0.25) is 5.91 Å². The lowest BCUT2D eigenvalue weighted by molar-refractivity contribution is -0.114. The van der Waals surface area contributed by atoms with Crippen LogP contribution in [0, 0.1) is 0 Å². The van der Waals surface area contributed by atoms with E-state index < -0.39 is 0 Å². The van der Waals surface area contributed by atoms with Crippen LogP contribution in [-0.4, -0.2) is 24.5 Å². The number of carbonyl (C=O) groups excluding carboxylic acids is 2. The summed E-state index contributed by atoms with van der Waals surface area (Å²) in [5, 5.41) is 4.76. The predicted molar refractivity (Wildman–Crippen MR) is 106 cm³/mol. The summed E-state index contributed by atoms with van der Waals surface area (Å²) in [5.74, 6) is 0.293. The minimum absolute atomic E-state index is 0.0398. The third-order valence-electron chi connectivity index (χ3n) is 4.44. The van der Waals surface area contributed by atoms with E-state index in [1.807, 2.05) is 56.3 Å². The normalized spacial score (nSPS) is 12.7. The number of nitrogens with one attached hydrogen (secondary N) is 1. The summed E-state index contributed by atoms with van der Waals surface area (Å²) < 4.78 is 5.65. The lowest BCUT2D eigenvalue weighted by Crippen LogP contribution is -2.35. The molecule has 5 nitrogen and oxygen atoms in total. The quantitative estimate of drug-likeness (QED) is 0.741. The number of anilines is 2. The van der Waals surface area contributed by atoms with Gasteiger partial charge in [0.1, 0.15) is 12.3 Å². The van der Waals surface area contributed by atoms with Crippen molar-refractivity contribution in [2.45, 2.75) is 20.0 Å². The highest BCUT2D eigenvalue weighted by atomic mass is 16.5. The molecule has 136 valence electrons. The first kappa shape index (κ1) is 17.1. The molecule has 3 aromatic carbocycles. The van der Waals surface area contributed by atoms with E-state index in [1.54, 1.807) is 18.2 Å². The van der Waals surface area contributed by atoms with E-state index >= 15 is 0 Å². The Morgan fingerprint density at radius 1 is 1.07 bits per heavy atom. The second-order valence-electron chi connectivity index (χ2n) is 6.81.